The highest BCUT2D eigenvalue weighted by molar-refractivity contribution is 5.36. The maximum absolute atomic E-state index is 12.5. The molecular weight excluding hydrogens is 301 g/mol. The molecule has 5 heteroatoms. The van der Waals surface area contributed by atoms with Crippen LogP contribution in [0, 0.1) is 6.20 Å². The van der Waals surface area contributed by atoms with Gasteiger partial charge >= 0.3 is 18.1 Å². The number of alkyl halides is 3. The topological polar surface area (TPSA) is 26.1 Å². The third kappa shape index (κ3) is 3.65. The first kappa shape index (κ1) is 15.8. The fourth-order valence-corrected chi connectivity index (χ4v) is 2.88. The molecule has 1 aromatic carbocycles. The van der Waals surface area contributed by atoms with E-state index in [1.165, 1.54) is 29.2 Å². The van der Waals surface area contributed by atoms with Gasteiger partial charge in [-0.05, 0) is 53.9 Å². The Bertz CT molecular complexity index is 678. The van der Waals surface area contributed by atoms with Crippen LogP contribution in [0.1, 0.15) is 47.3 Å². The first-order chi connectivity index (χ1) is 10.9. The lowest BCUT2D eigenvalue weighted by Crippen LogP contribution is -2.20. The van der Waals surface area contributed by atoms with E-state index in [-0.39, 0.29) is 6.04 Å². The largest absolute Gasteiger partial charge is 0.496 e. The van der Waals surface area contributed by atoms with E-state index in [9.17, 15) is 13.2 Å². The average Bonchev–Trinajstić information content (AvgIpc) is 2.99. The Kier molecular flexibility index (Phi) is 4.27. The molecule has 2 nitrogen and oxygen atoms in total. The van der Waals surface area contributed by atoms with E-state index in [1.54, 1.807) is 0 Å². The number of hydrogen-bond acceptors (Lipinski definition) is 1. The van der Waals surface area contributed by atoms with E-state index in [0.717, 1.165) is 18.9 Å². The fourth-order valence-electron chi connectivity index (χ4n) is 2.88. The van der Waals surface area contributed by atoms with Crippen LogP contribution in [0.5, 0.6) is 0 Å². The molecule has 3 rings (SSSR count). The van der Waals surface area contributed by atoms with E-state index in [1.807, 2.05) is 6.92 Å². The highest BCUT2D eigenvalue weighted by Crippen LogP contribution is 2.26. The van der Waals surface area contributed by atoms with E-state index in [2.05, 4.69) is 34.7 Å². The molecule has 120 valence electrons. The molecule has 0 radical (unpaired) electrons. The summed E-state index contributed by atoms with van der Waals surface area (Å²) in [5, 5.41) is 3.31. The first-order valence-corrected chi connectivity index (χ1v) is 7.73. The quantitative estimate of drug-likeness (QED) is 0.934. The van der Waals surface area contributed by atoms with Gasteiger partial charge in [-0.1, -0.05) is 18.2 Å². The van der Waals surface area contributed by atoms with Crippen molar-refractivity contribution in [2.45, 2.75) is 44.9 Å². The zero-order chi connectivity index (χ0) is 16.4. The van der Waals surface area contributed by atoms with E-state index in [0.29, 0.717) is 12.1 Å². The molecule has 0 fully saturated rings. The molecule has 1 N–H and O–H groups in total. The van der Waals surface area contributed by atoms with Crippen LogP contribution in [0.3, 0.4) is 0 Å². The number of rotatable bonds is 4. The molecule has 0 saturated carbocycles. The Morgan fingerprint density at radius 1 is 1.17 bits per heavy atom. The van der Waals surface area contributed by atoms with Crippen LogP contribution in [0.25, 0.3) is 0 Å². The predicted molar refractivity (Wildman–Crippen MR) is 79.6 cm³/mol. The Hall–Kier alpha value is -2.06. The summed E-state index contributed by atoms with van der Waals surface area (Å²) < 4.78 is 37.4. The molecule has 1 unspecified atom stereocenters. The summed E-state index contributed by atoms with van der Waals surface area (Å²) in [4.78, 5) is 3.36. The Morgan fingerprint density at radius 3 is 2.65 bits per heavy atom. The summed E-state index contributed by atoms with van der Waals surface area (Å²) in [7, 11) is 0. The summed E-state index contributed by atoms with van der Waals surface area (Å²) in [6.07, 6.45) is 1.55. The van der Waals surface area contributed by atoms with Crippen molar-refractivity contribution in [2.75, 3.05) is 0 Å². The molecule has 0 aliphatic heterocycles. The van der Waals surface area contributed by atoms with Crippen molar-refractivity contribution in [2.24, 2.45) is 0 Å². The number of hydrogen-bond donors (Lipinski definition) is 1. The third-order valence-electron chi connectivity index (χ3n) is 4.27. The standard InChI is InChI=1S/C18H18F3N2/c1-12(15-7-6-14-3-2-4-16(14)9-15)22-10-13-5-8-17(23-11-13)18(19,20)21/h5-9,12,22H,2-4,10H2,1H3/q+1. The van der Waals surface area contributed by atoms with Crippen molar-refractivity contribution in [1.29, 1.82) is 0 Å². The molecule has 0 saturated heterocycles. The maximum Gasteiger partial charge on any atom is 0.496 e. The summed E-state index contributed by atoms with van der Waals surface area (Å²) in [6, 6.07) is 9.07. The van der Waals surface area contributed by atoms with Crippen molar-refractivity contribution in [3.05, 3.63) is 64.5 Å². The molecule has 23 heavy (non-hydrogen) atoms. The SMILES string of the molecule is CC(NCc1c#[n+]c(C(F)(F)F)cc1)c1ccc2c(c1)CCC2. The third-order valence-corrected chi connectivity index (χ3v) is 4.27. The van der Waals surface area contributed by atoms with Crippen LogP contribution in [0.15, 0.2) is 30.3 Å². The number of benzene rings is 1. The predicted octanol–water partition coefficient (Wildman–Crippen LogP) is 3.44. The van der Waals surface area contributed by atoms with Crippen molar-refractivity contribution < 1.29 is 18.2 Å². The maximum atomic E-state index is 12.5. The first-order valence-electron chi connectivity index (χ1n) is 7.73. The minimum atomic E-state index is -4.42. The van der Waals surface area contributed by atoms with Crippen LogP contribution in [-0.2, 0) is 25.6 Å². The summed E-state index contributed by atoms with van der Waals surface area (Å²) in [6.45, 7) is 2.48. The summed E-state index contributed by atoms with van der Waals surface area (Å²) in [5.74, 6) is 0. The van der Waals surface area contributed by atoms with Gasteiger partial charge in [0.2, 0.25) is 0 Å². The molecule has 1 aromatic heterocycles. The average molecular weight is 319 g/mol. The number of nitrogens with zero attached hydrogens (tertiary/aromatic N) is 1. The van der Waals surface area contributed by atoms with Crippen LogP contribution in [0.4, 0.5) is 13.2 Å². The molecule has 1 aliphatic carbocycles. The lowest BCUT2D eigenvalue weighted by atomic mass is 10.0. The second-order valence-electron chi connectivity index (χ2n) is 5.95. The minimum Gasteiger partial charge on any atom is -0.305 e. The number of halogens is 3. The molecule has 1 heterocycles. The Morgan fingerprint density at radius 2 is 1.96 bits per heavy atom. The lowest BCUT2D eigenvalue weighted by Gasteiger charge is -2.14. The van der Waals surface area contributed by atoms with Gasteiger partial charge in [0.05, 0.1) is 5.56 Å². The molecule has 0 spiro atoms. The number of aromatic nitrogens is 1. The molecule has 1 aliphatic rings. The second kappa shape index (κ2) is 6.21. The van der Waals surface area contributed by atoms with Gasteiger partial charge in [-0.25, -0.2) is 0 Å². The monoisotopic (exact) mass is 319 g/mol. The smallest absolute Gasteiger partial charge is 0.305 e. The van der Waals surface area contributed by atoms with Gasteiger partial charge in [-0.3, -0.25) is 0 Å². The zero-order valence-electron chi connectivity index (χ0n) is 12.9. The summed E-state index contributed by atoms with van der Waals surface area (Å²) >= 11 is 0. The van der Waals surface area contributed by atoms with Crippen molar-refractivity contribution in [1.82, 2.24) is 5.32 Å². The zero-order valence-corrected chi connectivity index (χ0v) is 12.9. The van der Waals surface area contributed by atoms with Gasteiger partial charge in [0.1, 0.15) is 0 Å². The summed E-state index contributed by atoms with van der Waals surface area (Å²) in [5.41, 5.74) is 3.75. The van der Waals surface area contributed by atoms with Crippen LogP contribution < -0.4 is 10.3 Å². The van der Waals surface area contributed by atoms with Gasteiger partial charge in [0, 0.05) is 18.7 Å². The molecule has 0 amide bonds. The fraction of sp³-hybridized carbons (Fsp3) is 0.389. The molecule has 1 atom stereocenters. The van der Waals surface area contributed by atoms with Crippen LogP contribution in [0.2, 0.25) is 0 Å². The van der Waals surface area contributed by atoms with Crippen molar-refractivity contribution in [3.8, 4) is 0 Å². The lowest BCUT2D eigenvalue weighted by molar-refractivity contribution is -0.360. The number of nitrogens with one attached hydrogen (secondary N) is 1. The molecular formula is C18H18F3N2+. The molecule has 0 bridgehead atoms. The van der Waals surface area contributed by atoms with Crippen molar-refractivity contribution >= 4 is 0 Å². The van der Waals surface area contributed by atoms with E-state index < -0.39 is 11.9 Å². The van der Waals surface area contributed by atoms with Crippen LogP contribution >= 0.6 is 0 Å². The van der Waals surface area contributed by atoms with Gasteiger partial charge < -0.3 is 5.32 Å². The van der Waals surface area contributed by atoms with Gasteiger partial charge in [-0.2, -0.15) is 13.2 Å². The normalized spacial score (nSPS) is 15.1. The minimum absolute atomic E-state index is 0.122. The van der Waals surface area contributed by atoms with E-state index >= 15 is 0 Å². The highest BCUT2D eigenvalue weighted by atomic mass is 19.4. The Balaban J connectivity index is 1.61. The van der Waals surface area contributed by atoms with Gasteiger partial charge in [0.25, 0.3) is 0 Å². The van der Waals surface area contributed by atoms with Crippen molar-refractivity contribution in [3.63, 3.8) is 0 Å². The highest BCUT2D eigenvalue weighted by Gasteiger charge is 2.41. The number of fused-ring (bicyclic) bond motifs is 1. The van der Waals surface area contributed by atoms with E-state index in [4.69, 9.17) is 0 Å². The second-order valence-corrected chi connectivity index (χ2v) is 5.95. The van der Waals surface area contributed by atoms with Gasteiger partial charge in [-0.15, -0.1) is 0 Å². The van der Waals surface area contributed by atoms with Gasteiger partial charge in [0.15, 0.2) is 0 Å². The van der Waals surface area contributed by atoms with Crippen LogP contribution in [-0.4, -0.2) is 0 Å². The Labute approximate surface area is 133 Å². The molecule has 2 aromatic rings. The number of aryl methyl sites for hydroxylation is 2.